The van der Waals surface area contributed by atoms with Gasteiger partial charge in [-0.15, -0.1) is 11.3 Å². The van der Waals surface area contributed by atoms with Crippen molar-refractivity contribution in [2.75, 3.05) is 33.0 Å². The Labute approximate surface area is 190 Å². The molecule has 0 bridgehead atoms. The maximum absolute atomic E-state index is 13.2. The molecule has 0 spiro atoms. The molecular weight excluding hydrogens is 456 g/mol. The van der Waals surface area contributed by atoms with Crippen LogP contribution in [-0.2, 0) is 30.8 Å². The van der Waals surface area contributed by atoms with E-state index in [1.165, 1.54) is 23.3 Å². The summed E-state index contributed by atoms with van der Waals surface area (Å²) >= 11 is 1.23. The molecule has 32 heavy (non-hydrogen) atoms. The van der Waals surface area contributed by atoms with E-state index in [2.05, 4.69) is 10.3 Å². The lowest BCUT2D eigenvalue weighted by molar-refractivity contribution is -0.145. The van der Waals surface area contributed by atoms with Crippen molar-refractivity contribution in [1.82, 2.24) is 19.5 Å². The highest BCUT2D eigenvalue weighted by Gasteiger charge is 2.40. The number of sulfonamides is 1. The maximum Gasteiger partial charge on any atom is 0.328 e. The van der Waals surface area contributed by atoms with E-state index in [1.807, 2.05) is 0 Å². The number of methoxy groups -OCH3 is 1. The van der Waals surface area contributed by atoms with Crippen molar-refractivity contribution < 1.29 is 27.5 Å². The maximum atomic E-state index is 13.2. The van der Waals surface area contributed by atoms with E-state index in [0.717, 1.165) is 10.6 Å². The van der Waals surface area contributed by atoms with Gasteiger partial charge in [0.05, 0.1) is 18.2 Å². The molecule has 0 saturated carbocycles. The third-order valence-electron chi connectivity index (χ3n) is 5.07. The number of nitrogens with one attached hydrogen (secondary N) is 1. The Morgan fingerprint density at radius 2 is 2.06 bits per heavy atom. The minimum atomic E-state index is -3.58. The molecule has 10 nitrogen and oxygen atoms in total. The van der Waals surface area contributed by atoms with Gasteiger partial charge in [0.25, 0.3) is 5.91 Å². The van der Waals surface area contributed by atoms with Crippen LogP contribution in [-0.4, -0.2) is 85.5 Å². The van der Waals surface area contributed by atoms with E-state index in [9.17, 15) is 22.8 Å². The number of amides is 2. The minimum absolute atomic E-state index is 0.0490. The van der Waals surface area contributed by atoms with Gasteiger partial charge in [-0.05, 0) is 23.1 Å². The molecule has 0 aliphatic carbocycles. The fraction of sp³-hybridized carbons (Fsp3) is 0.400. The lowest BCUT2D eigenvalue weighted by atomic mass is 10.1. The Morgan fingerprint density at radius 1 is 1.28 bits per heavy atom. The summed E-state index contributed by atoms with van der Waals surface area (Å²) in [4.78, 5) is 44.3. The smallest absolute Gasteiger partial charge is 0.328 e. The highest BCUT2D eigenvalue weighted by atomic mass is 32.2. The van der Waals surface area contributed by atoms with Gasteiger partial charge in [0.1, 0.15) is 12.1 Å². The second kappa shape index (κ2) is 10.2. The van der Waals surface area contributed by atoms with E-state index in [-0.39, 0.29) is 32.0 Å². The monoisotopic (exact) mass is 480 g/mol. The predicted molar refractivity (Wildman–Crippen MR) is 117 cm³/mol. The first-order chi connectivity index (χ1) is 15.2. The highest BCUT2D eigenvalue weighted by Crippen LogP contribution is 2.19. The van der Waals surface area contributed by atoms with Gasteiger partial charge < -0.3 is 15.0 Å². The second-order valence-electron chi connectivity index (χ2n) is 7.26. The van der Waals surface area contributed by atoms with Crippen LogP contribution in [0.3, 0.4) is 0 Å². The van der Waals surface area contributed by atoms with E-state index in [0.29, 0.717) is 10.4 Å². The molecular formula is C20H24N4O6S2. The van der Waals surface area contributed by atoms with Gasteiger partial charge in [-0.25, -0.2) is 13.2 Å². The number of piperazine rings is 1. The summed E-state index contributed by atoms with van der Waals surface area (Å²) in [5, 5.41) is 4.38. The number of rotatable bonds is 7. The number of nitrogens with zero attached hydrogens (tertiary/aromatic N) is 3. The van der Waals surface area contributed by atoms with Crippen LogP contribution in [0.5, 0.6) is 0 Å². The first-order valence-electron chi connectivity index (χ1n) is 9.77. The zero-order valence-corrected chi connectivity index (χ0v) is 19.3. The molecule has 3 rings (SSSR count). The minimum Gasteiger partial charge on any atom is -0.467 e. The summed E-state index contributed by atoms with van der Waals surface area (Å²) in [7, 11) is -2.36. The summed E-state index contributed by atoms with van der Waals surface area (Å²) in [6.45, 7) is -0.0776. The average molecular weight is 481 g/mol. The molecule has 0 aromatic carbocycles. The normalized spacial score (nSPS) is 18.1. The van der Waals surface area contributed by atoms with Gasteiger partial charge in [0.15, 0.2) is 0 Å². The van der Waals surface area contributed by atoms with Crippen LogP contribution < -0.4 is 5.32 Å². The van der Waals surface area contributed by atoms with Gasteiger partial charge in [0, 0.05) is 38.4 Å². The quantitative estimate of drug-likeness (QED) is 0.558. The zero-order chi connectivity index (χ0) is 23.3. The van der Waals surface area contributed by atoms with Crippen LogP contribution in [0.2, 0.25) is 0 Å². The number of esters is 1. The average Bonchev–Trinajstić information content (AvgIpc) is 3.32. The topological polar surface area (TPSA) is 126 Å². The fourth-order valence-corrected chi connectivity index (χ4v) is 4.93. The van der Waals surface area contributed by atoms with E-state index in [4.69, 9.17) is 4.74 Å². The Bertz CT molecular complexity index is 1060. The van der Waals surface area contributed by atoms with Crippen LogP contribution in [0, 0.1) is 0 Å². The molecule has 1 aliphatic heterocycles. The zero-order valence-electron chi connectivity index (χ0n) is 17.6. The van der Waals surface area contributed by atoms with Crippen LogP contribution in [0.15, 0.2) is 42.0 Å². The van der Waals surface area contributed by atoms with E-state index >= 15 is 0 Å². The molecule has 2 atom stereocenters. The first kappa shape index (κ1) is 23.8. The fourth-order valence-electron chi connectivity index (χ4n) is 3.43. The molecule has 3 heterocycles. The molecule has 172 valence electrons. The second-order valence-corrected chi connectivity index (χ2v) is 10.2. The molecule has 12 heteroatoms. The molecule has 2 aromatic rings. The number of pyridine rings is 1. The van der Waals surface area contributed by atoms with Crippen molar-refractivity contribution in [3.05, 3.63) is 52.5 Å². The van der Waals surface area contributed by atoms with Crippen LogP contribution in [0.1, 0.15) is 15.2 Å². The van der Waals surface area contributed by atoms with Gasteiger partial charge >= 0.3 is 5.97 Å². The lowest BCUT2D eigenvalue weighted by Gasteiger charge is -2.39. The van der Waals surface area contributed by atoms with Crippen molar-refractivity contribution in [3.63, 3.8) is 0 Å². The summed E-state index contributed by atoms with van der Waals surface area (Å²) in [6.07, 6.45) is 4.35. The molecule has 2 amide bonds. The largest absolute Gasteiger partial charge is 0.467 e. The summed E-state index contributed by atoms with van der Waals surface area (Å²) in [5.74, 6) is -1.66. The third-order valence-corrected chi connectivity index (χ3v) is 7.20. The molecule has 2 aromatic heterocycles. The third kappa shape index (κ3) is 5.69. The molecule has 1 fully saturated rings. The number of ether oxygens (including phenoxy) is 1. The van der Waals surface area contributed by atoms with Gasteiger partial charge in [-0.1, -0.05) is 12.1 Å². The van der Waals surface area contributed by atoms with Crippen LogP contribution >= 0.6 is 11.3 Å². The van der Waals surface area contributed by atoms with Gasteiger partial charge in [-0.2, -0.15) is 4.31 Å². The molecule has 1 aliphatic rings. The molecule has 0 unspecified atom stereocenters. The number of carbonyl (C=O) groups is 3. The van der Waals surface area contributed by atoms with Crippen molar-refractivity contribution in [2.45, 2.75) is 18.5 Å². The summed E-state index contributed by atoms with van der Waals surface area (Å²) < 4.78 is 30.2. The van der Waals surface area contributed by atoms with Crippen LogP contribution in [0.25, 0.3) is 0 Å². The lowest BCUT2D eigenvalue weighted by Crippen LogP contribution is -2.62. The molecule has 0 radical (unpaired) electrons. The predicted octanol–water partition coefficient (Wildman–Crippen LogP) is 0.130. The highest BCUT2D eigenvalue weighted by molar-refractivity contribution is 7.88. The number of hydrogen-bond acceptors (Lipinski definition) is 8. The Hall–Kier alpha value is -2.83. The molecule has 1 N–H and O–H groups in total. The van der Waals surface area contributed by atoms with Crippen LogP contribution in [0.4, 0.5) is 0 Å². The summed E-state index contributed by atoms with van der Waals surface area (Å²) in [6, 6.07) is 4.70. The van der Waals surface area contributed by atoms with E-state index in [1.54, 1.807) is 42.0 Å². The van der Waals surface area contributed by atoms with Gasteiger partial charge in [0.2, 0.25) is 15.9 Å². The van der Waals surface area contributed by atoms with Gasteiger partial charge in [-0.3, -0.25) is 14.6 Å². The Kier molecular flexibility index (Phi) is 7.59. The number of aromatic nitrogens is 1. The van der Waals surface area contributed by atoms with E-state index < -0.39 is 34.0 Å². The Balaban J connectivity index is 1.84. The number of thiophene rings is 1. The Morgan fingerprint density at radius 3 is 2.66 bits per heavy atom. The standard InChI is InChI=1S/C20H24N4O6S2/c1-30-20(27)15(11-14-5-3-7-21-12-14)22-18(25)16-13-23(32(2,28)29)8-9-24(16)19(26)17-6-4-10-31-17/h3-7,10,12,15-16H,8-9,11,13H2,1-2H3,(H,22,25)/t15-,16+/m1/s1. The summed E-state index contributed by atoms with van der Waals surface area (Å²) in [5.41, 5.74) is 0.705. The number of carbonyl (C=O) groups excluding carboxylic acids is 3. The van der Waals surface area contributed by atoms with Crippen molar-refractivity contribution >= 4 is 39.1 Å². The SMILES string of the molecule is COC(=O)[C@@H](Cc1cccnc1)NC(=O)[C@@H]1CN(S(C)(=O)=O)CCN1C(=O)c1cccs1. The van der Waals surface area contributed by atoms with Crippen molar-refractivity contribution in [1.29, 1.82) is 0 Å². The van der Waals surface area contributed by atoms with Crippen molar-refractivity contribution in [2.24, 2.45) is 0 Å². The van der Waals surface area contributed by atoms with Crippen molar-refractivity contribution in [3.8, 4) is 0 Å². The molecule has 1 saturated heterocycles. The number of hydrogen-bond donors (Lipinski definition) is 1. The first-order valence-corrected chi connectivity index (χ1v) is 12.5.